The van der Waals surface area contributed by atoms with Gasteiger partial charge >= 0.3 is 0 Å². The van der Waals surface area contributed by atoms with Crippen LogP contribution in [0.1, 0.15) is 22.3 Å². The number of rotatable bonds is 7. The molecule has 0 saturated heterocycles. The van der Waals surface area contributed by atoms with Crippen molar-refractivity contribution in [3.63, 3.8) is 0 Å². The first-order valence-corrected chi connectivity index (χ1v) is 9.60. The number of carbonyl (C=O) groups is 1. The van der Waals surface area contributed by atoms with Crippen LogP contribution in [0.25, 0.3) is 16.8 Å². The van der Waals surface area contributed by atoms with Gasteiger partial charge in [0.05, 0.1) is 25.6 Å². The standard InChI is InChI=1S/C22H19N3O3S/c1-14(26)17-9-20(27-2)21(28-3)10-18(17)24-12-16(11-23)22-25-19(13-29-22)15-7-5-4-6-8-15/h4-10,12-13,24H,1-3H3/b16-12+. The van der Waals surface area contributed by atoms with Crippen LogP contribution < -0.4 is 14.8 Å². The number of allylic oxidation sites excluding steroid dienone is 1. The average molecular weight is 405 g/mol. The van der Waals surface area contributed by atoms with Gasteiger partial charge in [-0.15, -0.1) is 11.3 Å². The molecule has 7 heteroatoms. The molecule has 0 radical (unpaired) electrons. The van der Waals surface area contributed by atoms with Crippen molar-refractivity contribution < 1.29 is 14.3 Å². The second-order valence-electron chi connectivity index (χ2n) is 6.03. The molecule has 0 spiro atoms. The number of hydrogen-bond acceptors (Lipinski definition) is 7. The smallest absolute Gasteiger partial charge is 0.162 e. The Labute approximate surface area is 173 Å². The zero-order chi connectivity index (χ0) is 20.8. The van der Waals surface area contributed by atoms with Crippen LogP contribution >= 0.6 is 11.3 Å². The van der Waals surface area contributed by atoms with Gasteiger partial charge in [0, 0.05) is 28.8 Å². The SMILES string of the molecule is COc1cc(N/C=C(\C#N)c2nc(-c3ccccc3)cs2)c(C(C)=O)cc1OC. The molecule has 1 heterocycles. The van der Waals surface area contributed by atoms with E-state index < -0.39 is 0 Å². The fraction of sp³-hybridized carbons (Fsp3) is 0.136. The highest BCUT2D eigenvalue weighted by atomic mass is 32.1. The van der Waals surface area contributed by atoms with Crippen LogP contribution in [-0.4, -0.2) is 25.0 Å². The lowest BCUT2D eigenvalue weighted by molar-refractivity contribution is 0.101. The highest BCUT2D eigenvalue weighted by Gasteiger charge is 2.15. The van der Waals surface area contributed by atoms with E-state index in [-0.39, 0.29) is 5.78 Å². The molecule has 1 aromatic heterocycles. The molecule has 3 aromatic rings. The molecule has 1 N–H and O–H groups in total. The fourth-order valence-electron chi connectivity index (χ4n) is 2.72. The lowest BCUT2D eigenvalue weighted by Crippen LogP contribution is -2.03. The largest absolute Gasteiger partial charge is 0.493 e. The van der Waals surface area contributed by atoms with Crippen molar-refractivity contribution in [1.29, 1.82) is 5.26 Å². The number of nitrogens with one attached hydrogen (secondary N) is 1. The minimum Gasteiger partial charge on any atom is -0.493 e. The maximum atomic E-state index is 12.0. The molecule has 0 aliphatic rings. The van der Waals surface area contributed by atoms with E-state index in [1.165, 1.54) is 32.5 Å². The van der Waals surface area contributed by atoms with Crippen molar-refractivity contribution >= 4 is 28.4 Å². The molecule has 2 aromatic carbocycles. The van der Waals surface area contributed by atoms with Crippen molar-refractivity contribution in [2.75, 3.05) is 19.5 Å². The molecule has 6 nitrogen and oxygen atoms in total. The number of ether oxygens (including phenoxy) is 2. The van der Waals surface area contributed by atoms with Crippen LogP contribution in [0.3, 0.4) is 0 Å². The summed E-state index contributed by atoms with van der Waals surface area (Å²) in [6, 6.07) is 15.2. The summed E-state index contributed by atoms with van der Waals surface area (Å²) in [7, 11) is 3.03. The Kier molecular flexibility index (Phi) is 6.27. The van der Waals surface area contributed by atoms with E-state index in [0.717, 1.165) is 11.3 Å². The molecular weight excluding hydrogens is 386 g/mol. The Morgan fingerprint density at radius 1 is 1.17 bits per heavy atom. The van der Waals surface area contributed by atoms with Crippen LogP contribution in [0.2, 0.25) is 0 Å². The van der Waals surface area contributed by atoms with Gasteiger partial charge in [0.25, 0.3) is 0 Å². The minimum atomic E-state index is -0.138. The number of hydrogen-bond donors (Lipinski definition) is 1. The summed E-state index contributed by atoms with van der Waals surface area (Å²) in [6.07, 6.45) is 1.54. The predicted molar refractivity (Wildman–Crippen MR) is 114 cm³/mol. The van der Waals surface area contributed by atoms with Crippen molar-refractivity contribution in [2.45, 2.75) is 6.92 Å². The summed E-state index contributed by atoms with van der Waals surface area (Å²) < 4.78 is 10.6. The van der Waals surface area contributed by atoms with E-state index in [0.29, 0.717) is 33.3 Å². The van der Waals surface area contributed by atoms with Crippen LogP contribution in [-0.2, 0) is 0 Å². The Morgan fingerprint density at radius 3 is 2.48 bits per heavy atom. The van der Waals surface area contributed by atoms with Gasteiger partial charge in [-0.25, -0.2) is 4.98 Å². The summed E-state index contributed by atoms with van der Waals surface area (Å²) in [5.74, 6) is 0.800. The third-order valence-corrected chi connectivity index (χ3v) is 5.08. The molecule has 0 unspecified atom stereocenters. The van der Waals surface area contributed by atoms with Crippen molar-refractivity contribution in [3.8, 4) is 28.8 Å². The van der Waals surface area contributed by atoms with E-state index in [2.05, 4.69) is 16.4 Å². The van der Waals surface area contributed by atoms with Gasteiger partial charge in [0.2, 0.25) is 0 Å². The number of Topliss-reactive ketones (excluding diaryl/α,β-unsaturated/α-hetero) is 1. The molecule has 146 valence electrons. The third kappa shape index (κ3) is 4.45. The summed E-state index contributed by atoms with van der Waals surface area (Å²) in [5, 5.41) is 15.1. The topological polar surface area (TPSA) is 84.2 Å². The second kappa shape index (κ2) is 9.04. The molecule has 29 heavy (non-hydrogen) atoms. The second-order valence-corrected chi connectivity index (χ2v) is 6.89. The Hall–Kier alpha value is -3.63. The van der Waals surface area contributed by atoms with E-state index in [4.69, 9.17) is 9.47 Å². The third-order valence-electron chi connectivity index (χ3n) is 4.20. The van der Waals surface area contributed by atoms with Crippen LogP contribution in [0.5, 0.6) is 11.5 Å². The number of anilines is 1. The maximum absolute atomic E-state index is 12.0. The predicted octanol–water partition coefficient (Wildman–Crippen LogP) is 5.01. The summed E-state index contributed by atoms with van der Waals surface area (Å²) in [6.45, 7) is 1.47. The van der Waals surface area contributed by atoms with Gasteiger partial charge in [-0.2, -0.15) is 5.26 Å². The molecule has 0 aliphatic carbocycles. The molecule has 0 atom stereocenters. The first-order valence-electron chi connectivity index (χ1n) is 8.72. The van der Waals surface area contributed by atoms with Gasteiger partial charge in [0.15, 0.2) is 17.3 Å². The Bertz CT molecular complexity index is 1100. The average Bonchev–Trinajstić information content (AvgIpc) is 3.24. The summed E-state index contributed by atoms with van der Waals surface area (Å²) in [4.78, 5) is 16.6. The Balaban J connectivity index is 1.93. The molecule has 0 amide bonds. The Morgan fingerprint density at radius 2 is 1.86 bits per heavy atom. The first kappa shape index (κ1) is 20.1. The first-order chi connectivity index (χ1) is 14.1. The van der Waals surface area contributed by atoms with Gasteiger partial charge in [-0.1, -0.05) is 30.3 Å². The lowest BCUT2D eigenvalue weighted by atomic mass is 10.1. The number of methoxy groups -OCH3 is 2. The zero-order valence-electron chi connectivity index (χ0n) is 16.2. The fourth-order valence-corrected chi connectivity index (χ4v) is 3.52. The van der Waals surface area contributed by atoms with Crippen LogP contribution in [0, 0.1) is 11.3 Å². The summed E-state index contributed by atoms with van der Waals surface area (Å²) in [5.41, 5.74) is 3.10. The molecule has 0 saturated carbocycles. The van der Waals surface area contributed by atoms with E-state index in [1.807, 2.05) is 35.7 Å². The van der Waals surface area contributed by atoms with Gasteiger partial charge in [0.1, 0.15) is 16.6 Å². The molecule has 0 fully saturated rings. The molecule has 0 bridgehead atoms. The molecule has 0 aliphatic heterocycles. The van der Waals surface area contributed by atoms with Gasteiger partial charge in [-0.3, -0.25) is 4.79 Å². The number of nitrogens with zero attached hydrogens (tertiary/aromatic N) is 2. The van der Waals surface area contributed by atoms with Crippen molar-refractivity contribution in [1.82, 2.24) is 4.98 Å². The maximum Gasteiger partial charge on any atom is 0.162 e. The zero-order valence-corrected chi connectivity index (χ0v) is 17.0. The van der Waals surface area contributed by atoms with E-state index in [9.17, 15) is 10.1 Å². The summed E-state index contributed by atoms with van der Waals surface area (Å²) >= 11 is 1.38. The van der Waals surface area contributed by atoms with Crippen molar-refractivity contribution in [2.24, 2.45) is 0 Å². The number of thiazole rings is 1. The van der Waals surface area contributed by atoms with Crippen LogP contribution in [0.4, 0.5) is 5.69 Å². The number of aromatic nitrogens is 1. The molecular formula is C22H19N3O3S. The number of carbonyl (C=O) groups excluding carboxylic acids is 1. The van der Waals surface area contributed by atoms with Crippen LogP contribution in [0.15, 0.2) is 54.0 Å². The van der Waals surface area contributed by atoms with Gasteiger partial charge < -0.3 is 14.8 Å². The lowest BCUT2D eigenvalue weighted by Gasteiger charge is -2.13. The van der Waals surface area contributed by atoms with E-state index >= 15 is 0 Å². The minimum absolute atomic E-state index is 0.138. The number of nitriles is 1. The number of ketones is 1. The highest BCUT2D eigenvalue weighted by Crippen LogP contribution is 2.34. The highest BCUT2D eigenvalue weighted by molar-refractivity contribution is 7.11. The van der Waals surface area contributed by atoms with E-state index in [1.54, 1.807) is 18.3 Å². The number of benzene rings is 2. The van der Waals surface area contributed by atoms with Crippen molar-refractivity contribution in [3.05, 3.63) is 64.6 Å². The normalized spacial score (nSPS) is 10.9. The molecule has 3 rings (SSSR count). The van der Waals surface area contributed by atoms with Gasteiger partial charge in [-0.05, 0) is 13.0 Å². The monoisotopic (exact) mass is 405 g/mol. The quantitative estimate of drug-likeness (QED) is 0.439.